The fourth-order valence-corrected chi connectivity index (χ4v) is 2.63. The Morgan fingerprint density at radius 2 is 1.72 bits per heavy atom. The maximum Gasteiger partial charge on any atom is 0.323 e. The Labute approximate surface area is 105 Å². The minimum absolute atomic E-state index is 0.145. The number of fused-ring (bicyclic) bond motifs is 1. The number of H-pyrrole nitrogens is 2. The van der Waals surface area contributed by atoms with Gasteiger partial charge in [-0.1, -0.05) is 0 Å². The molecule has 1 aliphatic heterocycles. The summed E-state index contributed by atoms with van der Waals surface area (Å²) in [6, 6.07) is 4.12. The molecule has 0 spiro atoms. The zero-order valence-electron chi connectivity index (χ0n) is 10.8. The van der Waals surface area contributed by atoms with E-state index in [4.69, 9.17) is 0 Å². The molecular weight excluding hydrogens is 228 g/mol. The van der Waals surface area contributed by atoms with E-state index in [1.165, 1.54) is 18.5 Å². The largest absolute Gasteiger partial charge is 0.376 e. The van der Waals surface area contributed by atoms with Gasteiger partial charge in [-0.3, -0.25) is 0 Å². The third-order valence-electron chi connectivity index (χ3n) is 3.54. The van der Waals surface area contributed by atoms with Crippen molar-refractivity contribution >= 4 is 22.4 Å². The van der Waals surface area contributed by atoms with Crippen molar-refractivity contribution in [2.45, 2.75) is 12.8 Å². The highest BCUT2D eigenvalue weighted by molar-refractivity contribution is 5.88. The number of aromatic nitrogens is 2. The van der Waals surface area contributed by atoms with Crippen LogP contribution in [-0.4, -0.2) is 37.2 Å². The Kier molecular flexibility index (Phi) is 2.54. The molecule has 1 fully saturated rings. The number of nitrogens with one attached hydrogen (secondary N) is 2. The van der Waals surface area contributed by atoms with Crippen LogP contribution in [0.15, 0.2) is 16.9 Å². The number of hydrogen-bond acceptors (Lipinski definition) is 3. The lowest BCUT2D eigenvalue weighted by atomic mass is 10.2. The van der Waals surface area contributed by atoms with E-state index >= 15 is 0 Å². The molecule has 1 aromatic heterocycles. The van der Waals surface area contributed by atoms with Gasteiger partial charge in [-0.05, 0) is 25.0 Å². The predicted molar refractivity (Wildman–Crippen MR) is 74.7 cm³/mol. The van der Waals surface area contributed by atoms with E-state index in [1.54, 1.807) is 0 Å². The van der Waals surface area contributed by atoms with Crippen LogP contribution in [0, 0.1) is 0 Å². The van der Waals surface area contributed by atoms with Gasteiger partial charge in [-0.2, -0.15) is 0 Å². The van der Waals surface area contributed by atoms with Crippen LogP contribution in [0.3, 0.4) is 0 Å². The lowest BCUT2D eigenvalue weighted by Gasteiger charge is -2.25. The molecule has 0 saturated carbocycles. The number of aromatic amines is 2. The molecule has 0 bridgehead atoms. The molecule has 1 saturated heterocycles. The lowest BCUT2D eigenvalue weighted by Crippen LogP contribution is -2.21. The standard InChI is InChI=1S/C13H18N4O/c1-16(2)11-7-9-10(15-13(18)14-9)8-12(11)17-5-3-4-6-17/h7-8H,3-6H2,1-2H3,(H2,14,15,18). The van der Waals surface area contributed by atoms with Crippen LogP contribution in [0.4, 0.5) is 11.4 Å². The van der Waals surface area contributed by atoms with Crippen molar-refractivity contribution in [2.75, 3.05) is 37.0 Å². The number of hydrogen-bond donors (Lipinski definition) is 2. The first-order valence-electron chi connectivity index (χ1n) is 6.33. The van der Waals surface area contributed by atoms with Crippen LogP contribution in [0.1, 0.15) is 12.8 Å². The summed E-state index contributed by atoms with van der Waals surface area (Å²) < 4.78 is 0. The van der Waals surface area contributed by atoms with Crippen molar-refractivity contribution in [3.63, 3.8) is 0 Å². The Hall–Kier alpha value is -1.91. The molecular formula is C13H18N4O. The Morgan fingerprint density at radius 3 is 2.33 bits per heavy atom. The number of anilines is 2. The zero-order chi connectivity index (χ0) is 12.7. The first-order chi connectivity index (χ1) is 8.65. The average molecular weight is 246 g/mol. The molecule has 5 heteroatoms. The van der Waals surface area contributed by atoms with Crippen LogP contribution in [-0.2, 0) is 0 Å². The molecule has 3 rings (SSSR count). The van der Waals surface area contributed by atoms with Gasteiger partial charge in [-0.15, -0.1) is 0 Å². The van der Waals surface area contributed by atoms with Crippen molar-refractivity contribution in [3.05, 3.63) is 22.6 Å². The second-order valence-electron chi connectivity index (χ2n) is 5.05. The second-order valence-corrected chi connectivity index (χ2v) is 5.05. The summed E-state index contributed by atoms with van der Waals surface area (Å²) in [6.07, 6.45) is 2.49. The third kappa shape index (κ3) is 1.75. The summed E-state index contributed by atoms with van der Waals surface area (Å²) in [6.45, 7) is 2.20. The van der Waals surface area contributed by atoms with Gasteiger partial charge in [-0.25, -0.2) is 4.79 Å². The van der Waals surface area contributed by atoms with Crippen molar-refractivity contribution < 1.29 is 0 Å². The van der Waals surface area contributed by atoms with Crippen LogP contribution < -0.4 is 15.5 Å². The SMILES string of the molecule is CN(C)c1cc2[nH]c(=O)[nH]c2cc1N1CCCC1. The van der Waals surface area contributed by atoms with E-state index < -0.39 is 0 Å². The minimum atomic E-state index is -0.145. The molecule has 0 aliphatic carbocycles. The average Bonchev–Trinajstić information content (AvgIpc) is 2.93. The first-order valence-corrected chi connectivity index (χ1v) is 6.33. The molecule has 0 atom stereocenters. The van der Waals surface area contributed by atoms with Crippen molar-refractivity contribution in [3.8, 4) is 0 Å². The van der Waals surface area contributed by atoms with Crippen molar-refractivity contribution in [2.24, 2.45) is 0 Å². The van der Waals surface area contributed by atoms with Crippen LogP contribution in [0.2, 0.25) is 0 Å². The Morgan fingerprint density at radius 1 is 1.11 bits per heavy atom. The highest BCUT2D eigenvalue weighted by Gasteiger charge is 2.18. The summed E-state index contributed by atoms with van der Waals surface area (Å²) >= 11 is 0. The molecule has 96 valence electrons. The van der Waals surface area contributed by atoms with Gasteiger partial charge in [0.2, 0.25) is 0 Å². The first kappa shape index (κ1) is 11.2. The molecule has 18 heavy (non-hydrogen) atoms. The van der Waals surface area contributed by atoms with Gasteiger partial charge in [0.05, 0.1) is 22.4 Å². The molecule has 2 N–H and O–H groups in total. The topological polar surface area (TPSA) is 55.1 Å². The van der Waals surface area contributed by atoms with E-state index in [0.29, 0.717) is 0 Å². The van der Waals surface area contributed by atoms with Gasteiger partial charge in [0, 0.05) is 27.2 Å². The monoisotopic (exact) mass is 246 g/mol. The van der Waals surface area contributed by atoms with Gasteiger partial charge < -0.3 is 19.8 Å². The quantitative estimate of drug-likeness (QED) is 0.844. The molecule has 1 aliphatic rings. The molecule has 1 aromatic carbocycles. The normalized spacial score (nSPS) is 15.6. The predicted octanol–water partition coefficient (Wildman–Crippen LogP) is 1.52. The van der Waals surface area contributed by atoms with Crippen LogP contribution in [0.25, 0.3) is 11.0 Å². The second kappa shape index (κ2) is 4.08. The molecule has 5 nitrogen and oxygen atoms in total. The lowest BCUT2D eigenvalue weighted by molar-refractivity contribution is 0.949. The van der Waals surface area contributed by atoms with E-state index in [-0.39, 0.29) is 5.69 Å². The summed E-state index contributed by atoms with van der Waals surface area (Å²) in [5, 5.41) is 0. The maximum atomic E-state index is 11.4. The maximum absolute atomic E-state index is 11.4. The third-order valence-corrected chi connectivity index (χ3v) is 3.54. The number of benzene rings is 1. The molecule has 2 aromatic rings. The van der Waals surface area contributed by atoms with Gasteiger partial charge in [0.15, 0.2) is 0 Å². The van der Waals surface area contributed by atoms with Gasteiger partial charge in [0.1, 0.15) is 0 Å². The fourth-order valence-electron chi connectivity index (χ4n) is 2.63. The van der Waals surface area contributed by atoms with Crippen LogP contribution >= 0.6 is 0 Å². The molecule has 0 amide bonds. The summed E-state index contributed by atoms with van der Waals surface area (Å²) in [5.74, 6) is 0. The highest BCUT2D eigenvalue weighted by Crippen LogP contribution is 2.33. The minimum Gasteiger partial charge on any atom is -0.376 e. The summed E-state index contributed by atoms with van der Waals surface area (Å²) in [4.78, 5) is 21.5. The zero-order valence-corrected chi connectivity index (χ0v) is 10.8. The van der Waals surface area contributed by atoms with Crippen molar-refractivity contribution in [1.82, 2.24) is 9.97 Å². The van der Waals surface area contributed by atoms with Crippen LogP contribution in [0.5, 0.6) is 0 Å². The number of nitrogens with zero attached hydrogens (tertiary/aromatic N) is 2. The smallest absolute Gasteiger partial charge is 0.323 e. The highest BCUT2D eigenvalue weighted by atomic mass is 16.1. The number of imidazole rings is 1. The Bertz CT molecular complexity index is 619. The van der Waals surface area contributed by atoms with Gasteiger partial charge >= 0.3 is 5.69 Å². The van der Waals surface area contributed by atoms with E-state index in [9.17, 15) is 4.79 Å². The Balaban J connectivity index is 2.19. The number of rotatable bonds is 2. The summed E-state index contributed by atoms with van der Waals surface area (Å²) in [7, 11) is 4.07. The van der Waals surface area contributed by atoms with E-state index in [1.807, 2.05) is 20.2 Å². The molecule has 2 heterocycles. The van der Waals surface area contributed by atoms with E-state index in [0.717, 1.165) is 29.8 Å². The molecule has 0 unspecified atom stereocenters. The molecule has 0 radical (unpaired) electrons. The van der Waals surface area contributed by atoms with E-state index in [2.05, 4.69) is 25.8 Å². The van der Waals surface area contributed by atoms with Gasteiger partial charge in [0.25, 0.3) is 0 Å². The summed E-state index contributed by atoms with van der Waals surface area (Å²) in [5.41, 5.74) is 3.97. The fraction of sp³-hybridized carbons (Fsp3) is 0.462. The van der Waals surface area contributed by atoms with Crippen molar-refractivity contribution in [1.29, 1.82) is 0 Å².